The second-order valence-corrected chi connectivity index (χ2v) is 9.97. The minimum atomic E-state index is -0.468. The highest BCUT2D eigenvalue weighted by Gasteiger charge is 2.15. The van der Waals surface area contributed by atoms with Gasteiger partial charge in [0.15, 0.2) is 10.9 Å². The van der Waals surface area contributed by atoms with E-state index in [-0.39, 0.29) is 10.9 Å². The highest BCUT2D eigenvalue weighted by atomic mass is 35.5. The molecule has 2 aromatic heterocycles. The summed E-state index contributed by atoms with van der Waals surface area (Å²) in [6, 6.07) is 22.3. The van der Waals surface area contributed by atoms with Gasteiger partial charge in [-0.2, -0.15) is 0 Å². The lowest BCUT2D eigenvalue weighted by atomic mass is 10.1. The highest BCUT2D eigenvalue weighted by molar-refractivity contribution is 7.80. The molecule has 0 saturated heterocycles. The number of anilines is 1. The first-order chi connectivity index (χ1) is 16.9. The Morgan fingerprint density at radius 3 is 2.60 bits per heavy atom. The lowest BCUT2D eigenvalue weighted by Crippen LogP contribution is -2.33. The predicted molar refractivity (Wildman–Crippen MR) is 148 cm³/mol. The van der Waals surface area contributed by atoms with Crippen LogP contribution in [-0.2, 0) is 0 Å². The van der Waals surface area contributed by atoms with Crippen molar-refractivity contribution < 1.29 is 9.21 Å². The maximum absolute atomic E-state index is 12.6. The monoisotopic (exact) mass is 537 g/mol. The van der Waals surface area contributed by atoms with E-state index in [9.17, 15) is 4.79 Å². The number of thiazole rings is 1. The summed E-state index contributed by atoms with van der Waals surface area (Å²) in [7, 11) is 0. The van der Waals surface area contributed by atoms with E-state index in [4.69, 9.17) is 39.8 Å². The largest absolute Gasteiger partial charge is 0.451 e. The Morgan fingerprint density at radius 2 is 1.83 bits per heavy atom. The fraction of sp³-hybridized carbons (Fsp3) is 0.0385. The topological polar surface area (TPSA) is 67.2 Å². The van der Waals surface area contributed by atoms with Gasteiger partial charge in [0.05, 0.1) is 15.2 Å². The molecular weight excluding hydrogens is 521 g/mol. The minimum absolute atomic E-state index is 0.120. The number of nitrogens with one attached hydrogen (secondary N) is 2. The molecule has 0 bridgehead atoms. The molecule has 1 amide bonds. The van der Waals surface area contributed by atoms with Crippen LogP contribution >= 0.6 is 46.8 Å². The summed E-state index contributed by atoms with van der Waals surface area (Å²) < 4.78 is 6.79. The summed E-state index contributed by atoms with van der Waals surface area (Å²) in [5.41, 5.74) is 4.14. The first-order valence-corrected chi connectivity index (χ1v) is 12.5. The molecule has 0 aliphatic heterocycles. The number of furan rings is 1. The number of amides is 1. The molecule has 0 unspecified atom stereocenters. The number of nitrogens with zero attached hydrogens (tertiary/aromatic N) is 1. The van der Waals surface area contributed by atoms with Gasteiger partial charge in [-0.05, 0) is 73.2 Å². The molecule has 5 aromatic rings. The number of aromatic nitrogens is 1. The average Bonchev–Trinajstić information content (AvgIpc) is 3.48. The molecule has 0 aliphatic carbocycles. The van der Waals surface area contributed by atoms with Gasteiger partial charge in [0.1, 0.15) is 10.8 Å². The molecule has 0 spiro atoms. The van der Waals surface area contributed by atoms with Crippen molar-refractivity contribution in [2.75, 3.05) is 5.32 Å². The van der Waals surface area contributed by atoms with Gasteiger partial charge in [-0.15, -0.1) is 11.3 Å². The molecule has 9 heteroatoms. The van der Waals surface area contributed by atoms with E-state index in [1.165, 1.54) is 0 Å². The van der Waals surface area contributed by atoms with Crippen LogP contribution in [0.3, 0.4) is 0 Å². The zero-order chi connectivity index (χ0) is 24.5. The maximum atomic E-state index is 12.6. The van der Waals surface area contributed by atoms with Crippen molar-refractivity contribution in [3.05, 3.63) is 94.2 Å². The van der Waals surface area contributed by atoms with Gasteiger partial charge >= 0.3 is 0 Å². The molecule has 0 fully saturated rings. The molecular formula is C26H17Cl2N3O2S2. The van der Waals surface area contributed by atoms with E-state index in [1.54, 1.807) is 35.6 Å². The number of hydrogen-bond acceptors (Lipinski definition) is 5. The molecule has 3 aromatic carbocycles. The third-order valence-electron chi connectivity index (χ3n) is 5.26. The number of halogens is 2. The van der Waals surface area contributed by atoms with Crippen LogP contribution in [0.15, 0.2) is 77.2 Å². The van der Waals surface area contributed by atoms with Gasteiger partial charge in [-0.1, -0.05) is 47.5 Å². The van der Waals surface area contributed by atoms with E-state index in [0.717, 1.165) is 31.9 Å². The average molecular weight is 538 g/mol. The minimum Gasteiger partial charge on any atom is -0.451 e. The van der Waals surface area contributed by atoms with Crippen molar-refractivity contribution in [3.8, 4) is 21.9 Å². The molecule has 2 heterocycles. The number of aryl methyl sites for hydroxylation is 1. The lowest BCUT2D eigenvalue weighted by molar-refractivity contribution is 0.0951. The number of benzene rings is 3. The Bertz CT molecular complexity index is 1560. The highest BCUT2D eigenvalue weighted by Crippen LogP contribution is 2.35. The maximum Gasteiger partial charge on any atom is 0.293 e. The van der Waals surface area contributed by atoms with Crippen molar-refractivity contribution in [2.24, 2.45) is 0 Å². The van der Waals surface area contributed by atoms with Gasteiger partial charge in [0.2, 0.25) is 0 Å². The second-order valence-electron chi connectivity index (χ2n) is 7.72. The van der Waals surface area contributed by atoms with Crippen molar-refractivity contribution in [1.29, 1.82) is 0 Å². The van der Waals surface area contributed by atoms with Crippen molar-refractivity contribution in [2.45, 2.75) is 6.92 Å². The SMILES string of the molecule is Cc1ccc(-c2ccc(C(=O)NC(=S)Nc3ccc(-c4nc5ccccc5s4)c(Cl)c3)o2)cc1Cl. The van der Waals surface area contributed by atoms with Crippen LogP contribution in [0.25, 0.3) is 32.1 Å². The van der Waals surface area contributed by atoms with Gasteiger partial charge < -0.3 is 9.73 Å². The smallest absolute Gasteiger partial charge is 0.293 e. The van der Waals surface area contributed by atoms with Crippen LogP contribution in [0.4, 0.5) is 5.69 Å². The fourth-order valence-electron chi connectivity index (χ4n) is 3.44. The molecule has 174 valence electrons. The third-order valence-corrected chi connectivity index (χ3v) is 7.26. The molecule has 0 atom stereocenters. The predicted octanol–water partition coefficient (Wildman–Crippen LogP) is 7.97. The van der Waals surface area contributed by atoms with E-state index >= 15 is 0 Å². The molecule has 5 nitrogen and oxygen atoms in total. The normalized spacial score (nSPS) is 10.9. The van der Waals surface area contributed by atoms with Gasteiger partial charge in [-0.25, -0.2) is 4.98 Å². The van der Waals surface area contributed by atoms with Crippen LogP contribution in [0.2, 0.25) is 10.0 Å². The molecule has 0 saturated carbocycles. The van der Waals surface area contributed by atoms with Crippen molar-refractivity contribution in [3.63, 3.8) is 0 Å². The van der Waals surface area contributed by atoms with Crippen molar-refractivity contribution >= 4 is 73.7 Å². The summed E-state index contributed by atoms with van der Waals surface area (Å²) in [5, 5.41) is 7.71. The number of carbonyl (C=O) groups is 1. The molecule has 2 N–H and O–H groups in total. The summed E-state index contributed by atoms with van der Waals surface area (Å²) in [6.07, 6.45) is 0. The van der Waals surface area contributed by atoms with Crippen LogP contribution in [-0.4, -0.2) is 16.0 Å². The quantitative estimate of drug-likeness (QED) is 0.227. The second kappa shape index (κ2) is 9.79. The van der Waals surface area contributed by atoms with Gasteiger partial charge in [-0.3, -0.25) is 10.1 Å². The first-order valence-electron chi connectivity index (χ1n) is 10.5. The molecule has 0 aliphatic rings. The third kappa shape index (κ3) is 5.09. The number of para-hydroxylation sites is 1. The van der Waals surface area contributed by atoms with E-state index in [0.29, 0.717) is 21.5 Å². The number of thiocarbonyl (C=S) groups is 1. The number of fused-ring (bicyclic) bond motifs is 1. The van der Waals surface area contributed by atoms with Crippen molar-refractivity contribution in [1.82, 2.24) is 10.3 Å². The van der Waals surface area contributed by atoms with E-state index in [1.807, 2.05) is 55.5 Å². The summed E-state index contributed by atoms with van der Waals surface area (Å²) in [4.78, 5) is 17.3. The zero-order valence-electron chi connectivity index (χ0n) is 18.3. The van der Waals surface area contributed by atoms with Crippen LogP contribution in [0.1, 0.15) is 16.1 Å². The molecule has 0 radical (unpaired) electrons. The van der Waals surface area contributed by atoms with Crippen LogP contribution in [0.5, 0.6) is 0 Å². The van der Waals surface area contributed by atoms with E-state index in [2.05, 4.69) is 15.6 Å². The summed E-state index contributed by atoms with van der Waals surface area (Å²) >= 11 is 19.6. The number of hydrogen-bond donors (Lipinski definition) is 2. The summed E-state index contributed by atoms with van der Waals surface area (Å²) in [5.74, 6) is 0.197. The molecule has 5 rings (SSSR count). The Balaban J connectivity index is 1.25. The van der Waals surface area contributed by atoms with Gasteiger partial charge in [0.25, 0.3) is 5.91 Å². The van der Waals surface area contributed by atoms with Crippen LogP contribution < -0.4 is 10.6 Å². The first kappa shape index (κ1) is 23.5. The Labute approximate surface area is 220 Å². The number of carbonyl (C=O) groups excluding carboxylic acids is 1. The Morgan fingerprint density at radius 1 is 1.00 bits per heavy atom. The Hall–Kier alpha value is -3.23. The lowest BCUT2D eigenvalue weighted by Gasteiger charge is -2.10. The summed E-state index contributed by atoms with van der Waals surface area (Å²) in [6.45, 7) is 1.92. The van der Waals surface area contributed by atoms with Gasteiger partial charge in [0, 0.05) is 21.8 Å². The zero-order valence-corrected chi connectivity index (χ0v) is 21.4. The Kier molecular flexibility index (Phi) is 6.58. The number of rotatable bonds is 4. The standard InChI is InChI=1S/C26H17Cl2N3O2S2/c1-14-6-7-15(12-18(14)27)21-10-11-22(33-21)24(32)31-26(34)29-16-8-9-17(19(28)13-16)25-30-20-4-2-3-5-23(20)35-25/h2-13H,1H3,(H2,29,31,32,34). The molecule has 35 heavy (non-hydrogen) atoms. The van der Waals surface area contributed by atoms with E-state index < -0.39 is 5.91 Å². The van der Waals surface area contributed by atoms with Crippen LogP contribution in [0, 0.1) is 6.92 Å². The fourth-order valence-corrected chi connectivity index (χ4v) is 5.16.